The van der Waals surface area contributed by atoms with Crippen LogP contribution in [0.25, 0.3) is 0 Å². The summed E-state index contributed by atoms with van der Waals surface area (Å²) in [4.78, 5) is 39.7. The molecule has 0 bridgehead atoms. The Morgan fingerprint density at radius 1 is 1.17 bits per heavy atom. The van der Waals surface area contributed by atoms with Crippen molar-refractivity contribution in [3.63, 3.8) is 0 Å². The number of Topliss-reactive ketones (excluding diaryl/α,β-unsaturated/α-hetero) is 1. The van der Waals surface area contributed by atoms with E-state index in [0.717, 1.165) is 0 Å². The van der Waals surface area contributed by atoms with Crippen LogP contribution in [0.2, 0.25) is 0 Å². The Labute approximate surface area is 210 Å². The SMILES string of the molecule is CCS(=O)(=O)c1ccc(CC(=O)Nc2cc(C)c3c(n2)CCC(C)(c2ncc(OC)cn2)C3=O)cc1. The number of sulfone groups is 1. The first-order chi connectivity index (χ1) is 17.1. The van der Waals surface area contributed by atoms with Gasteiger partial charge in [-0.1, -0.05) is 19.1 Å². The molecule has 1 aliphatic carbocycles. The number of fused-ring (bicyclic) bond motifs is 1. The number of amides is 1. The van der Waals surface area contributed by atoms with Gasteiger partial charge in [0.05, 0.1) is 47.7 Å². The van der Waals surface area contributed by atoms with E-state index in [9.17, 15) is 18.0 Å². The average molecular weight is 509 g/mol. The highest BCUT2D eigenvalue weighted by molar-refractivity contribution is 7.91. The third-order valence-electron chi connectivity index (χ3n) is 6.53. The molecule has 0 saturated carbocycles. The van der Waals surface area contributed by atoms with E-state index >= 15 is 0 Å². The Bertz CT molecular complexity index is 1420. The molecule has 2 heterocycles. The Hall–Kier alpha value is -3.66. The lowest BCUT2D eigenvalue weighted by molar-refractivity contribution is -0.115. The van der Waals surface area contributed by atoms with Gasteiger partial charge in [-0.3, -0.25) is 9.59 Å². The molecule has 9 nitrogen and oxygen atoms in total. The number of ether oxygens (including phenoxy) is 1. The van der Waals surface area contributed by atoms with Crippen molar-refractivity contribution in [1.29, 1.82) is 0 Å². The normalized spacial score (nSPS) is 17.4. The van der Waals surface area contributed by atoms with Crippen LogP contribution in [-0.2, 0) is 32.9 Å². The van der Waals surface area contributed by atoms with Gasteiger partial charge in [-0.25, -0.2) is 23.4 Å². The minimum Gasteiger partial charge on any atom is -0.494 e. The smallest absolute Gasteiger partial charge is 0.229 e. The van der Waals surface area contributed by atoms with E-state index in [1.165, 1.54) is 19.2 Å². The molecule has 0 aliphatic heterocycles. The molecule has 1 amide bonds. The molecule has 188 valence electrons. The number of benzene rings is 1. The minimum absolute atomic E-state index is 0.0188. The Balaban J connectivity index is 1.50. The molecule has 1 N–H and O–H groups in total. The highest BCUT2D eigenvalue weighted by Gasteiger charge is 2.43. The van der Waals surface area contributed by atoms with Gasteiger partial charge in [0.2, 0.25) is 5.91 Å². The zero-order valence-electron chi connectivity index (χ0n) is 20.7. The molecule has 1 unspecified atom stereocenters. The van der Waals surface area contributed by atoms with Crippen molar-refractivity contribution in [2.45, 2.75) is 50.3 Å². The Morgan fingerprint density at radius 3 is 2.44 bits per heavy atom. The van der Waals surface area contributed by atoms with E-state index in [4.69, 9.17) is 4.74 Å². The summed E-state index contributed by atoms with van der Waals surface area (Å²) in [5.41, 5.74) is 1.69. The highest BCUT2D eigenvalue weighted by atomic mass is 32.2. The first kappa shape index (κ1) is 25.4. The summed E-state index contributed by atoms with van der Waals surface area (Å²) in [5.74, 6) is 0.967. The van der Waals surface area contributed by atoms with E-state index in [2.05, 4.69) is 20.3 Å². The minimum atomic E-state index is -3.29. The number of carbonyl (C=O) groups excluding carboxylic acids is 2. The first-order valence-electron chi connectivity index (χ1n) is 11.6. The molecular weight excluding hydrogens is 480 g/mol. The second-order valence-corrected chi connectivity index (χ2v) is 11.3. The molecule has 1 atom stereocenters. The van der Waals surface area contributed by atoms with Crippen molar-refractivity contribution in [2.24, 2.45) is 0 Å². The molecule has 0 fully saturated rings. The van der Waals surface area contributed by atoms with Gasteiger partial charge in [0, 0.05) is 5.56 Å². The second kappa shape index (κ2) is 9.77. The van der Waals surface area contributed by atoms with Gasteiger partial charge in [-0.2, -0.15) is 0 Å². The number of aromatic nitrogens is 3. The van der Waals surface area contributed by atoms with Crippen LogP contribution in [0.4, 0.5) is 5.82 Å². The second-order valence-electron chi connectivity index (χ2n) is 9.03. The summed E-state index contributed by atoms with van der Waals surface area (Å²) < 4.78 is 29.1. The van der Waals surface area contributed by atoms with Gasteiger partial charge in [-0.15, -0.1) is 0 Å². The molecule has 4 rings (SSSR count). The van der Waals surface area contributed by atoms with E-state index in [0.29, 0.717) is 52.6 Å². The van der Waals surface area contributed by atoms with E-state index in [1.54, 1.807) is 37.5 Å². The predicted molar refractivity (Wildman–Crippen MR) is 134 cm³/mol. The maximum Gasteiger partial charge on any atom is 0.229 e. The molecular formula is C26H28N4O5S. The van der Waals surface area contributed by atoms with Crippen molar-refractivity contribution >= 4 is 27.3 Å². The van der Waals surface area contributed by atoms with Crippen LogP contribution in [0.15, 0.2) is 47.6 Å². The average Bonchev–Trinajstić information content (AvgIpc) is 2.86. The first-order valence-corrected chi connectivity index (χ1v) is 13.3. The molecule has 2 aromatic heterocycles. The van der Waals surface area contributed by atoms with Gasteiger partial charge in [0.1, 0.15) is 11.6 Å². The monoisotopic (exact) mass is 508 g/mol. The number of nitrogens with one attached hydrogen (secondary N) is 1. The van der Waals surface area contributed by atoms with Crippen LogP contribution in [0.5, 0.6) is 5.75 Å². The summed E-state index contributed by atoms with van der Waals surface area (Å²) in [6.45, 7) is 5.25. The summed E-state index contributed by atoms with van der Waals surface area (Å²) in [6, 6.07) is 7.98. The van der Waals surface area contributed by atoms with Crippen molar-refractivity contribution in [1.82, 2.24) is 15.0 Å². The Morgan fingerprint density at radius 2 is 1.83 bits per heavy atom. The highest BCUT2D eigenvalue weighted by Crippen LogP contribution is 2.38. The van der Waals surface area contributed by atoms with Crippen LogP contribution in [0.3, 0.4) is 0 Å². The van der Waals surface area contributed by atoms with Crippen molar-refractivity contribution in [3.05, 3.63) is 70.9 Å². The number of anilines is 1. The third kappa shape index (κ3) is 4.86. The maximum atomic E-state index is 13.5. The Kier molecular flexibility index (Phi) is 6.90. The predicted octanol–water partition coefficient (Wildman–Crippen LogP) is 3.25. The lowest BCUT2D eigenvalue weighted by Gasteiger charge is -2.32. The molecule has 0 spiro atoms. The number of carbonyl (C=O) groups is 2. The molecule has 10 heteroatoms. The van der Waals surface area contributed by atoms with Crippen LogP contribution in [0.1, 0.15) is 53.3 Å². The van der Waals surface area contributed by atoms with E-state index < -0.39 is 15.3 Å². The molecule has 36 heavy (non-hydrogen) atoms. The van der Waals surface area contributed by atoms with Crippen LogP contribution >= 0.6 is 0 Å². The summed E-state index contributed by atoms with van der Waals surface area (Å²) in [6.07, 6.45) is 4.19. The summed E-state index contributed by atoms with van der Waals surface area (Å²) >= 11 is 0. The van der Waals surface area contributed by atoms with Gasteiger partial charge < -0.3 is 10.1 Å². The molecule has 3 aromatic rings. The zero-order chi connectivity index (χ0) is 26.1. The van der Waals surface area contributed by atoms with Crippen LogP contribution in [0, 0.1) is 6.92 Å². The fourth-order valence-corrected chi connectivity index (χ4v) is 5.21. The third-order valence-corrected chi connectivity index (χ3v) is 8.28. The zero-order valence-corrected chi connectivity index (χ0v) is 21.5. The topological polar surface area (TPSA) is 128 Å². The van der Waals surface area contributed by atoms with Crippen LogP contribution < -0.4 is 10.1 Å². The lowest BCUT2D eigenvalue weighted by atomic mass is 9.71. The maximum absolute atomic E-state index is 13.5. The van der Waals surface area contributed by atoms with Crippen molar-refractivity contribution in [2.75, 3.05) is 18.2 Å². The number of rotatable bonds is 7. The number of methoxy groups -OCH3 is 1. The molecule has 0 radical (unpaired) electrons. The van der Waals surface area contributed by atoms with Gasteiger partial charge in [0.15, 0.2) is 21.4 Å². The van der Waals surface area contributed by atoms with Crippen molar-refractivity contribution < 1.29 is 22.7 Å². The standard InChI is InChI=1S/C26H28N4O5S/c1-5-36(33,34)19-8-6-17(7-9-19)13-22(31)30-21-12-16(2)23-20(29-21)10-11-26(3,24(23)32)25-27-14-18(35-4)15-28-25/h6-9,12,14-15H,5,10-11,13H2,1-4H3,(H,29,30,31). The van der Waals surface area contributed by atoms with Gasteiger partial charge in [0.25, 0.3) is 0 Å². The van der Waals surface area contributed by atoms with Gasteiger partial charge >= 0.3 is 0 Å². The quantitative estimate of drug-likeness (QED) is 0.515. The summed E-state index contributed by atoms with van der Waals surface area (Å²) in [7, 11) is -1.76. The van der Waals surface area contributed by atoms with Gasteiger partial charge in [-0.05, 0) is 56.0 Å². The van der Waals surface area contributed by atoms with E-state index in [-0.39, 0.29) is 28.8 Å². The number of aryl methyl sites for hydroxylation is 2. The number of nitrogens with zero attached hydrogens (tertiary/aromatic N) is 3. The van der Waals surface area contributed by atoms with Crippen LogP contribution in [-0.4, -0.2) is 47.9 Å². The summed E-state index contributed by atoms with van der Waals surface area (Å²) in [5, 5.41) is 2.80. The number of pyridine rings is 1. The number of hydrogen-bond acceptors (Lipinski definition) is 8. The lowest BCUT2D eigenvalue weighted by Crippen LogP contribution is -2.40. The molecule has 0 saturated heterocycles. The fourth-order valence-electron chi connectivity index (χ4n) is 4.32. The fraction of sp³-hybridized carbons (Fsp3) is 0.346. The molecule has 1 aromatic carbocycles. The largest absolute Gasteiger partial charge is 0.494 e. The molecule has 1 aliphatic rings. The van der Waals surface area contributed by atoms with Crippen molar-refractivity contribution in [3.8, 4) is 5.75 Å². The number of ketones is 1. The van der Waals surface area contributed by atoms with E-state index in [1.807, 2.05) is 13.8 Å². The number of hydrogen-bond donors (Lipinski definition) is 1.